The van der Waals surface area contributed by atoms with Crippen molar-refractivity contribution in [2.75, 3.05) is 0 Å². The summed E-state index contributed by atoms with van der Waals surface area (Å²) < 4.78 is 4.50. The maximum absolute atomic E-state index is 13.4. The van der Waals surface area contributed by atoms with E-state index in [1.165, 1.54) is 15.9 Å². The Hall–Kier alpha value is -3.26. The van der Waals surface area contributed by atoms with Crippen molar-refractivity contribution in [1.29, 1.82) is 0 Å². The van der Waals surface area contributed by atoms with Crippen LogP contribution in [0, 0.1) is 0 Å². The first-order valence-corrected chi connectivity index (χ1v) is 11.3. The number of benzene rings is 1. The van der Waals surface area contributed by atoms with Gasteiger partial charge in [-0.15, -0.1) is 11.3 Å². The summed E-state index contributed by atoms with van der Waals surface area (Å²) in [6, 6.07) is 13.3. The van der Waals surface area contributed by atoms with Crippen LogP contribution in [-0.2, 0) is 13.1 Å². The first-order chi connectivity index (χ1) is 15.1. The van der Waals surface area contributed by atoms with E-state index in [1.54, 1.807) is 18.5 Å². The number of imidazole rings is 1. The number of nitrogens with zero attached hydrogens (tertiary/aromatic N) is 4. The smallest absolute Gasteiger partial charge is 0.322 e. The third-order valence-corrected chi connectivity index (χ3v) is 6.85. The monoisotopic (exact) mass is 434 g/mol. The van der Waals surface area contributed by atoms with Crippen LogP contribution in [-0.4, -0.2) is 24.5 Å². The molecule has 3 heterocycles. The molecule has 3 aromatic heterocycles. The van der Waals surface area contributed by atoms with E-state index >= 15 is 0 Å². The van der Waals surface area contributed by atoms with Crippen molar-refractivity contribution in [2.45, 2.75) is 44.8 Å². The Labute approximate surface area is 182 Å². The fourth-order valence-electron chi connectivity index (χ4n) is 4.37. The van der Waals surface area contributed by atoms with E-state index in [-0.39, 0.29) is 24.9 Å². The fraction of sp³-hybridized carbons (Fsp3) is 0.304. The molecule has 7 nitrogen and oxygen atoms in total. The molecule has 1 aliphatic rings. The summed E-state index contributed by atoms with van der Waals surface area (Å²) in [5, 5.41) is 1.81. The predicted molar refractivity (Wildman–Crippen MR) is 120 cm³/mol. The number of thiophene rings is 1. The van der Waals surface area contributed by atoms with Gasteiger partial charge < -0.3 is 4.57 Å². The Kier molecular flexibility index (Phi) is 5.15. The number of aromatic nitrogens is 4. The summed E-state index contributed by atoms with van der Waals surface area (Å²) in [6.45, 7) is 0.00405. The molecular formula is C23H22N4O3S. The molecular weight excluding hydrogens is 412 g/mol. The van der Waals surface area contributed by atoms with Crippen LogP contribution in [0.15, 0.2) is 63.8 Å². The lowest BCUT2D eigenvalue weighted by atomic mass is 10.2. The van der Waals surface area contributed by atoms with Crippen LogP contribution >= 0.6 is 11.3 Å². The van der Waals surface area contributed by atoms with Gasteiger partial charge in [-0.25, -0.2) is 9.78 Å². The number of carbonyl (C=O) groups is 1. The van der Waals surface area contributed by atoms with Crippen LogP contribution < -0.4 is 11.2 Å². The van der Waals surface area contributed by atoms with E-state index in [9.17, 15) is 14.4 Å². The minimum Gasteiger partial charge on any atom is -0.322 e. The lowest BCUT2D eigenvalue weighted by Gasteiger charge is -2.15. The number of hydrogen-bond donors (Lipinski definition) is 0. The molecule has 1 aliphatic carbocycles. The molecule has 0 amide bonds. The highest BCUT2D eigenvalue weighted by Gasteiger charge is 2.25. The van der Waals surface area contributed by atoms with Crippen molar-refractivity contribution in [3.8, 4) is 0 Å². The Morgan fingerprint density at radius 3 is 2.52 bits per heavy atom. The molecule has 0 saturated heterocycles. The number of rotatable bonds is 6. The van der Waals surface area contributed by atoms with Gasteiger partial charge in [0.25, 0.3) is 5.56 Å². The van der Waals surface area contributed by atoms with Crippen molar-refractivity contribution < 1.29 is 4.79 Å². The second-order valence-electron chi connectivity index (χ2n) is 7.91. The van der Waals surface area contributed by atoms with Gasteiger partial charge in [-0.05, 0) is 29.9 Å². The van der Waals surface area contributed by atoms with E-state index < -0.39 is 11.2 Å². The third-order valence-electron chi connectivity index (χ3n) is 5.94. The van der Waals surface area contributed by atoms with Gasteiger partial charge >= 0.3 is 5.69 Å². The summed E-state index contributed by atoms with van der Waals surface area (Å²) in [4.78, 5) is 44.6. The molecule has 158 valence electrons. The summed E-state index contributed by atoms with van der Waals surface area (Å²) in [5.74, 6) is -0.244. The summed E-state index contributed by atoms with van der Waals surface area (Å²) >= 11 is 1.31. The normalized spacial score (nSPS) is 14.5. The number of ketones is 1. The Balaban J connectivity index is 1.69. The zero-order valence-electron chi connectivity index (χ0n) is 16.9. The molecule has 0 aliphatic heterocycles. The number of Topliss-reactive ketones (excluding diaryl/α,β-unsaturated/α-hetero) is 1. The predicted octanol–water partition coefficient (Wildman–Crippen LogP) is 3.47. The Morgan fingerprint density at radius 1 is 1.03 bits per heavy atom. The zero-order chi connectivity index (χ0) is 21.4. The minimum absolute atomic E-state index is 0.196. The van der Waals surface area contributed by atoms with Crippen LogP contribution in [0.4, 0.5) is 0 Å². The Bertz CT molecular complexity index is 1340. The Morgan fingerprint density at radius 2 is 1.81 bits per heavy atom. The molecule has 5 rings (SSSR count). The van der Waals surface area contributed by atoms with Gasteiger partial charge in [0.15, 0.2) is 16.9 Å². The second-order valence-corrected chi connectivity index (χ2v) is 8.86. The van der Waals surface area contributed by atoms with Gasteiger partial charge in [-0.2, -0.15) is 0 Å². The minimum atomic E-state index is -0.511. The highest BCUT2D eigenvalue weighted by molar-refractivity contribution is 7.12. The van der Waals surface area contributed by atoms with Crippen molar-refractivity contribution in [2.24, 2.45) is 0 Å². The maximum atomic E-state index is 13.4. The first kappa shape index (κ1) is 19.7. The lowest BCUT2D eigenvalue weighted by molar-refractivity contribution is 0.0972. The van der Waals surface area contributed by atoms with Crippen LogP contribution in [0.1, 0.15) is 47.0 Å². The molecule has 0 spiro atoms. The van der Waals surface area contributed by atoms with Crippen LogP contribution in [0.2, 0.25) is 0 Å². The fourth-order valence-corrected chi connectivity index (χ4v) is 5.03. The highest BCUT2D eigenvalue weighted by Crippen LogP contribution is 2.31. The molecule has 31 heavy (non-hydrogen) atoms. The van der Waals surface area contributed by atoms with Gasteiger partial charge in [0.2, 0.25) is 0 Å². The molecule has 1 saturated carbocycles. The van der Waals surface area contributed by atoms with E-state index in [2.05, 4.69) is 4.98 Å². The van der Waals surface area contributed by atoms with Crippen LogP contribution in [0.25, 0.3) is 11.2 Å². The standard InChI is InChI=1S/C23H22N4O3S/c28-18(19-11-6-12-31-19)14-26-22(29)20-21(24-15-27(20)17-9-4-5-10-17)25(23(26)30)13-16-7-2-1-3-8-16/h1-3,6-8,11-12,15,17H,4-5,9-10,13-14H2. The number of fused-ring (bicyclic) bond motifs is 1. The summed E-state index contributed by atoms with van der Waals surface area (Å²) in [6.07, 6.45) is 5.86. The number of carbonyl (C=O) groups excluding carboxylic acids is 1. The van der Waals surface area contributed by atoms with Crippen LogP contribution in [0.3, 0.4) is 0 Å². The summed E-state index contributed by atoms with van der Waals surface area (Å²) in [5.41, 5.74) is 0.754. The molecule has 4 aromatic rings. The van der Waals surface area contributed by atoms with Gasteiger partial charge in [-0.1, -0.05) is 49.2 Å². The van der Waals surface area contributed by atoms with Gasteiger partial charge in [0.1, 0.15) is 0 Å². The average Bonchev–Trinajstić information content (AvgIpc) is 3.55. The van der Waals surface area contributed by atoms with Crippen molar-refractivity contribution in [3.05, 3.63) is 85.5 Å². The first-order valence-electron chi connectivity index (χ1n) is 10.4. The largest absolute Gasteiger partial charge is 0.333 e. The topological polar surface area (TPSA) is 78.9 Å². The van der Waals surface area contributed by atoms with Crippen molar-refractivity contribution in [1.82, 2.24) is 18.7 Å². The molecule has 0 atom stereocenters. The SMILES string of the molecule is O=C(Cn1c(=O)c2c(ncn2C2CCCC2)n(Cc2ccccc2)c1=O)c1cccs1. The van der Waals surface area contributed by atoms with E-state index in [4.69, 9.17) is 0 Å². The maximum Gasteiger partial charge on any atom is 0.333 e. The molecule has 0 unspecified atom stereocenters. The third kappa shape index (κ3) is 3.57. The van der Waals surface area contributed by atoms with E-state index in [1.807, 2.05) is 40.3 Å². The zero-order valence-corrected chi connectivity index (χ0v) is 17.8. The summed E-state index contributed by atoms with van der Waals surface area (Å²) in [7, 11) is 0. The number of hydrogen-bond acceptors (Lipinski definition) is 5. The van der Waals surface area contributed by atoms with Crippen molar-refractivity contribution in [3.63, 3.8) is 0 Å². The van der Waals surface area contributed by atoms with Gasteiger partial charge in [0, 0.05) is 6.04 Å². The molecule has 1 fully saturated rings. The van der Waals surface area contributed by atoms with Gasteiger partial charge in [0.05, 0.1) is 24.3 Å². The highest BCUT2D eigenvalue weighted by atomic mass is 32.1. The molecule has 0 N–H and O–H groups in total. The quantitative estimate of drug-likeness (QED) is 0.435. The molecule has 8 heteroatoms. The van der Waals surface area contributed by atoms with E-state index in [0.29, 0.717) is 16.0 Å². The van der Waals surface area contributed by atoms with Crippen LogP contribution in [0.5, 0.6) is 0 Å². The average molecular weight is 435 g/mol. The van der Waals surface area contributed by atoms with Crippen molar-refractivity contribution >= 4 is 28.3 Å². The molecule has 1 aromatic carbocycles. The second kappa shape index (κ2) is 8.11. The molecule has 0 radical (unpaired) electrons. The lowest BCUT2D eigenvalue weighted by Crippen LogP contribution is -2.42. The molecule has 0 bridgehead atoms. The van der Waals surface area contributed by atoms with E-state index in [0.717, 1.165) is 35.8 Å². The van der Waals surface area contributed by atoms with Gasteiger partial charge in [-0.3, -0.25) is 18.7 Å².